The van der Waals surface area contributed by atoms with Crippen LogP contribution in [0.1, 0.15) is 18.4 Å². The van der Waals surface area contributed by atoms with Crippen molar-refractivity contribution in [2.75, 3.05) is 32.7 Å². The number of ketones is 1. The third-order valence-electron chi connectivity index (χ3n) is 5.18. The zero-order chi connectivity index (χ0) is 14.2. The maximum absolute atomic E-state index is 12.4. The summed E-state index contributed by atoms with van der Waals surface area (Å²) in [6.45, 7) is 6.12. The molecule has 0 spiro atoms. The first-order valence-electron chi connectivity index (χ1n) is 8.30. The third kappa shape index (κ3) is 3.04. The van der Waals surface area contributed by atoms with Crippen LogP contribution < -0.4 is 0 Å². The number of likely N-dealkylation sites (tertiary alicyclic amines) is 2. The van der Waals surface area contributed by atoms with E-state index in [2.05, 4.69) is 40.1 Å². The fraction of sp³-hybridized carbons (Fsp3) is 0.611. The number of hydrogen-bond donors (Lipinski definition) is 0. The van der Waals surface area contributed by atoms with E-state index < -0.39 is 0 Å². The van der Waals surface area contributed by atoms with Gasteiger partial charge in [0.1, 0.15) is 5.78 Å². The van der Waals surface area contributed by atoms with Gasteiger partial charge in [0.2, 0.25) is 0 Å². The Kier molecular flexibility index (Phi) is 3.56. The molecule has 1 aromatic rings. The molecule has 1 aromatic carbocycles. The lowest BCUT2D eigenvalue weighted by Crippen LogP contribution is -2.58. The number of piperidine rings is 2. The van der Waals surface area contributed by atoms with Crippen LogP contribution >= 0.6 is 0 Å². The fourth-order valence-electron chi connectivity index (χ4n) is 3.99. The van der Waals surface area contributed by atoms with Gasteiger partial charge in [0, 0.05) is 51.1 Å². The SMILES string of the molecule is O=C1[C@H]2CN(Cc3ccccc3)C[C@H]1CN(CC1CC1)C2. The Morgan fingerprint density at radius 2 is 1.52 bits per heavy atom. The average molecular weight is 284 g/mol. The zero-order valence-electron chi connectivity index (χ0n) is 12.6. The van der Waals surface area contributed by atoms with Crippen LogP contribution in [-0.4, -0.2) is 48.3 Å². The van der Waals surface area contributed by atoms with E-state index in [1.165, 1.54) is 24.9 Å². The lowest BCUT2D eigenvalue weighted by atomic mass is 9.83. The number of nitrogens with zero attached hydrogens (tertiary/aromatic N) is 2. The molecule has 3 fully saturated rings. The van der Waals surface area contributed by atoms with Crippen molar-refractivity contribution in [3.8, 4) is 0 Å². The van der Waals surface area contributed by atoms with E-state index in [0.717, 1.165) is 38.6 Å². The molecule has 4 rings (SSSR count). The van der Waals surface area contributed by atoms with Crippen molar-refractivity contribution >= 4 is 5.78 Å². The van der Waals surface area contributed by atoms with E-state index in [4.69, 9.17) is 0 Å². The van der Waals surface area contributed by atoms with Crippen LogP contribution in [0.25, 0.3) is 0 Å². The summed E-state index contributed by atoms with van der Waals surface area (Å²) in [6.07, 6.45) is 2.81. The maximum Gasteiger partial charge on any atom is 0.144 e. The van der Waals surface area contributed by atoms with Crippen molar-refractivity contribution < 1.29 is 4.79 Å². The van der Waals surface area contributed by atoms with E-state index >= 15 is 0 Å². The number of carbonyl (C=O) groups is 1. The molecule has 3 heteroatoms. The van der Waals surface area contributed by atoms with Crippen LogP contribution in [0.5, 0.6) is 0 Å². The highest BCUT2D eigenvalue weighted by atomic mass is 16.1. The zero-order valence-corrected chi connectivity index (χ0v) is 12.6. The summed E-state index contributed by atoms with van der Waals surface area (Å²) < 4.78 is 0. The molecule has 1 saturated carbocycles. The second kappa shape index (κ2) is 5.54. The molecular weight excluding hydrogens is 260 g/mol. The van der Waals surface area contributed by atoms with Crippen LogP contribution in [0.2, 0.25) is 0 Å². The second-order valence-corrected chi connectivity index (χ2v) is 7.14. The topological polar surface area (TPSA) is 23.6 Å². The Morgan fingerprint density at radius 3 is 2.14 bits per heavy atom. The smallest absolute Gasteiger partial charge is 0.144 e. The van der Waals surface area contributed by atoms with Gasteiger partial charge in [-0.05, 0) is 24.3 Å². The van der Waals surface area contributed by atoms with Crippen LogP contribution in [0, 0.1) is 17.8 Å². The Labute approximate surface area is 126 Å². The van der Waals surface area contributed by atoms with Gasteiger partial charge in [-0.2, -0.15) is 0 Å². The van der Waals surface area contributed by atoms with Gasteiger partial charge in [0.15, 0.2) is 0 Å². The van der Waals surface area contributed by atoms with Crippen molar-refractivity contribution in [3.63, 3.8) is 0 Å². The van der Waals surface area contributed by atoms with E-state index in [-0.39, 0.29) is 11.8 Å². The van der Waals surface area contributed by atoms with Gasteiger partial charge < -0.3 is 4.90 Å². The minimum Gasteiger partial charge on any atom is -0.302 e. The van der Waals surface area contributed by atoms with Crippen LogP contribution in [0.15, 0.2) is 30.3 Å². The molecule has 112 valence electrons. The minimum absolute atomic E-state index is 0.250. The first-order valence-corrected chi connectivity index (χ1v) is 8.30. The number of benzene rings is 1. The summed E-state index contributed by atoms with van der Waals surface area (Å²) in [6, 6.07) is 10.6. The average Bonchev–Trinajstić information content (AvgIpc) is 3.26. The maximum atomic E-state index is 12.4. The van der Waals surface area contributed by atoms with Gasteiger partial charge in [0.05, 0.1) is 0 Å². The van der Waals surface area contributed by atoms with Crippen molar-refractivity contribution in [2.24, 2.45) is 17.8 Å². The van der Waals surface area contributed by atoms with Crippen LogP contribution in [0.4, 0.5) is 0 Å². The Morgan fingerprint density at radius 1 is 0.905 bits per heavy atom. The predicted octanol–water partition coefficient (Wildman–Crippen LogP) is 2.03. The molecule has 0 N–H and O–H groups in total. The molecule has 2 saturated heterocycles. The number of fused-ring (bicyclic) bond motifs is 2. The quantitative estimate of drug-likeness (QED) is 0.845. The molecule has 2 aliphatic heterocycles. The van der Waals surface area contributed by atoms with Gasteiger partial charge in [-0.3, -0.25) is 9.69 Å². The van der Waals surface area contributed by atoms with E-state index in [1.807, 2.05) is 0 Å². The van der Waals surface area contributed by atoms with Crippen molar-refractivity contribution in [3.05, 3.63) is 35.9 Å². The summed E-state index contributed by atoms with van der Waals surface area (Å²) in [5.41, 5.74) is 1.36. The largest absolute Gasteiger partial charge is 0.302 e. The lowest BCUT2D eigenvalue weighted by molar-refractivity contribution is -0.137. The molecule has 2 atom stereocenters. The summed E-state index contributed by atoms with van der Waals surface area (Å²) in [5, 5.41) is 0. The Hall–Kier alpha value is -1.19. The minimum atomic E-state index is 0.250. The molecule has 3 nitrogen and oxygen atoms in total. The summed E-state index contributed by atoms with van der Waals surface area (Å²) in [4.78, 5) is 17.4. The fourth-order valence-corrected chi connectivity index (χ4v) is 3.99. The molecule has 0 radical (unpaired) electrons. The van der Waals surface area contributed by atoms with Gasteiger partial charge >= 0.3 is 0 Å². The normalized spacial score (nSPS) is 30.6. The summed E-state index contributed by atoms with van der Waals surface area (Å²) >= 11 is 0. The molecule has 0 unspecified atom stereocenters. The highest BCUT2D eigenvalue weighted by Gasteiger charge is 2.41. The molecule has 0 amide bonds. The lowest BCUT2D eigenvalue weighted by Gasteiger charge is -2.44. The number of Topliss-reactive ketones (excluding diaryl/α,β-unsaturated/α-hetero) is 1. The van der Waals surface area contributed by atoms with Crippen LogP contribution in [-0.2, 0) is 11.3 Å². The molecule has 0 aromatic heterocycles. The Balaban J connectivity index is 1.40. The van der Waals surface area contributed by atoms with Crippen molar-refractivity contribution in [1.29, 1.82) is 0 Å². The summed E-state index contributed by atoms with van der Waals surface area (Å²) in [7, 11) is 0. The van der Waals surface area contributed by atoms with Gasteiger partial charge in [-0.1, -0.05) is 30.3 Å². The first-order chi connectivity index (χ1) is 10.3. The van der Waals surface area contributed by atoms with Crippen molar-refractivity contribution in [1.82, 2.24) is 9.80 Å². The molecule has 3 aliphatic rings. The molecule has 2 heterocycles. The van der Waals surface area contributed by atoms with Gasteiger partial charge in [-0.25, -0.2) is 0 Å². The monoisotopic (exact) mass is 284 g/mol. The van der Waals surface area contributed by atoms with E-state index in [9.17, 15) is 4.79 Å². The highest BCUT2D eigenvalue weighted by molar-refractivity contribution is 5.85. The second-order valence-electron chi connectivity index (χ2n) is 7.14. The number of hydrogen-bond acceptors (Lipinski definition) is 3. The number of carbonyl (C=O) groups excluding carboxylic acids is 1. The molecule has 21 heavy (non-hydrogen) atoms. The summed E-state index contributed by atoms with van der Waals surface area (Å²) in [5.74, 6) is 1.96. The first kappa shape index (κ1) is 13.5. The van der Waals surface area contributed by atoms with Crippen molar-refractivity contribution in [2.45, 2.75) is 19.4 Å². The highest BCUT2D eigenvalue weighted by Crippen LogP contribution is 2.33. The van der Waals surface area contributed by atoms with E-state index in [0.29, 0.717) is 5.78 Å². The molecule has 1 aliphatic carbocycles. The molecule has 2 bridgehead atoms. The van der Waals surface area contributed by atoms with Crippen LogP contribution in [0.3, 0.4) is 0 Å². The third-order valence-corrected chi connectivity index (χ3v) is 5.18. The Bertz CT molecular complexity index is 493. The predicted molar refractivity (Wildman–Crippen MR) is 82.9 cm³/mol. The van der Waals surface area contributed by atoms with E-state index in [1.54, 1.807) is 0 Å². The van der Waals surface area contributed by atoms with Gasteiger partial charge in [-0.15, -0.1) is 0 Å². The van der Waals surface area contributed by atoms with Gasteiger partial charge in [0.25, 0.3) is 0 Å². The standard InChI is InChI=1S/C18H24N2O/c21-18-16-10-19(8-14-4-2-1-3-5-14)11-17(18)13-20(12-16)9-15-6-7-15/h1-5,15-17H,6-13H2/t16-,17-/m0/s1. The molecular formula is C18H24N2O. The number of rotatable bonds is 4.